The van der Waals surface area contributed by atoms with Crippen molar-refractivity contribution in [2.45, 2.75) is 94.9 Å². The Balaban J connectivity index is 1.01. The molecular formula is C39H47F2N7O3. The standard InChI is InChI=1S/C39H47F2N7O3/c1-21(2)33(47-37(50)51-4)35(49)48-16-6-14-38(48,3)36-45-29-13-10-23(19-31(29)46-36)22-8-11-25-26-12-9-24(18-28(26)39(40,41)27(25)17-22)32-20-43-34(44-32)30-7-5-15-42-30/h8-11,13,17-21,26,30,33,36-37,42,45-47,50H,5-7,12,14-16H2,1-4H3,(H,43,44)/t26?,30-,33-,36?,37?,38-/m0/s1. The fourth-order valence-electron chi connectivity index (χ4n) is 8.75. The molecule has 2 aliphatic carbocycles. The summed E-state index contributed by atoms with van der Waals surface area (Å²) in [4.78, 5) is 23.7. The average molecular weight is 700 g/mol. The molecule has 4 heterocycles. The molecule has 1 aromatic heterocycles. The number of aliphatic hydroxyl groups is 1. The first-order valence-corrected chi connectivity index (χ1v) is 18.2. The number of aromatic amines is 1. The van der Waals surface area contributed by atoms with Crippen LogP contribution in [-0.4, -0.2) is 70.2 Å². The number of aliphatic hydroxyl groups excluding tert-OH is 1. The van der Waals surface area contributed by atoms with Gasteiger partial charge in [-0.1, -0.05) is 38.1 Å². The van der Waals surface area contributed by atoms with Gasteiger partial charge < -0.3 is 35.7 Å². The molecule has 0 bridgehead atoms. The number of carbonyl (C=O) groups excluding carboxylic acids is 1. The summed E-state index contributed by atoms with van der Waals surface area (Å²) in [7, 11) is 1.38. The van der Waals surface area contributed by atoms with Crippen molar-refractivity contribution in [3.8, 4) is 11.1 Å². The fraction of sp³-hybridized carbons (Fsp3) is 0.487. The number of nitrogens with zero attached hydrogens (tertiary/aromatic N) is 2. The lowest BCUT2D eigenvalue weighted by Gasteiger charge is -2.42. The van der Waals surface area contributed by atoms with E-state index in [-0.39, 0.29) is 41.1 Å². The van der Waals surface area contributed by atoms with E-state index in [1.807, 2.05) is 55.2 Å². The molecule has 0 spiro atoms. The molecule has 10 nitrogen and oxygen atoms in total. The number of nitrogens with one attached hydrogen (secondary N) is 5. The number of amides is 1. The van der Waals surface area contributed by atoms with Crippen molar-refractivity contribution in [3.05, 3.63) is 83.0 Å². The van der Waals surface area contributed by atoms with Gasteiger partial charge in [-0.25, -0.2) is 4.98 Å². The average Bonchev–Trinajstić information content (AvgIpc) is 3.97. The second-order valence-corrected chi connectivity index (χ2v) is 15.2. The smallest absolute Gasteiger partial charge is 0.295 e. The van der Waals surface area contributed by atoms with Crippen molar-refractivity contribution in [3.63, 3.8) is 0 Å². The maximum atomic E-state index is 16.3. The van der Waals surface area contributed by atoms with E-state index >= 15 is 8.78 Å². The van der Waals surface area contributed by atoms with E-state index in [0.29, 0.717) is 18.5 Å². The molecule has 5 aliphatic rings. The van der Waals surface area contributed by atoms with Gasteiger partial charge in [-0.3, -0.25) is 10.1 Å². The molecule has 3 aromatic rings. The Morgan fingerprint density at radius 2 is 1.90 bits per heavy atom. The SMILES string of the molecule is COC(O)N[C@H](C(=O)N1CCC[C@@]1(C)C1Nc2ccc(-c3ccc4c(c3)C(F)(F)C3=CC(c5cnc([C@@H]6CCCN6)[nH]5)=CCC34)cc2N1)C(C)C. The van der Waals surface area contributed by atoms with Gasteiger partial charge >= 0.3 is 0 Å². The molecule has 2 saturated heterocycles. The maximum Gasteiger partial charge on any atom is 0.295 e. The minimum Gasteiger partial charge on any atom is -0.362 e. The lowest BCUT2D eigenvalue weighted by atomic mass is 9.86. The molecule has 3 aliphatic heterocycles. The minimum absolute atomic E-state index is 0.0651. The lowest BCUT2D eigenvalue weighted by molar-refractivity contribution is -0.147. The third-order valence-corrected chi connectivity index (χ3v) is 11.7. The van der Waals surface area contributed by atoms with Crippen LogP contribution in [0.1, 0.15) is 87.5 Å². The van der Waals surface area contributed by atoms with Gasteiger partial charge in [0, 0.05) is 30.7 Å². The van der Waals surface area contributed by atoms with Gasteiger partial charge in [-0.15, -0.1) is 0 Å². The van der Waals surface area contributed by atoms with Crippen LogP contribution >= 0.6 is 0 Å². The quantitative estimate of drug-likeness (QED) is 0.146. The fourth-order valence-corrected chi connectivity index (χ4v) is 8.75. The topological polar surface area (TPSA) is 127 Å². The Hall–Kier alpha value is -4.10. The van der Waals surface area contributed by atoms with Crippen LogP contribution in [0.25, 0.3) is 16.7 Å². The number of methoxy groups -OCH3 is 1. The molecule has 51 heavy (non-hydrogen) atoms. The first-order chi connectivity index (χ1) is 24.5. The van der Waals surface area contributed by atoms with Gasteiger partial charge in [0.1, 0.15) is 12.0 Å². The second kappa shape index (κ2) is 12.8. The first-order valence-electron chi connectivity index (χ1n) is 18.2. The Morgan fingerprint density at radius 1 is 1.12 bits per heavy atom. The van der Waals surface area contributed by atoms with Crippen LogP contribution in [0.4, 0.5) is 20.2 Å². The van der Waals surface area contributed by atoms with E-state index in [1.54, 1.807) is 18.3 Å². The highest BCUT2D eigenvalue weighted by Gasteiger charge is 2.51. The molecule has 12 heteroatoms. The minimum atomic E-state index is -3.10. The number of alkyl halides is 2. The Kier molecular flexibility index (Phi) is 8.56. The van der Waals surface area contributed by atoms with Crippen molar-refractivity contribution in [2.24, 2.45) is 5.92 Å². The number of halogens is 2. The van der Waals surface area contributed by atoms with Gasteiger partial charge in [-0.05, 0) is 98.0 Å². The molecule has 0 radical (unpaired) electrons. The van der Waals surface area contributed by atoms with E-state index in [0.717, 1.165) is 71.8 Å². The van der Waals surface area contributed by atoms with Crippen LogP contribution < -0.4 is 21.3 Å². The predicted octanol–water partition coefficient (Wildman–Crippen LogP) is 6.19. The predicted molar refractivity (Wildman–Crippen MR) is 193 cm³/mol. The number of hydrogen-bond donors (Lipinski definition) is 6. The third kappa shape index (κ3) is 5.76. The van der Waals surface area contributed by atoms with Gasteiger partial charge in [0.2, 0.25) is 12.3 Å². The van der Waals surface area contributed by atoms with Gasteiger partial charge in [0.25, 0.3) is 5.92 Å². The van der Waals surface area contributed by atoms with Crippen molar-refractivity contribution in [2.75, 3.05) is 30.8 Å². The number of H-pyrrole nitrogens is 1. The molecular weight excluding hydrogens is 652 g/mol. The molecule has 6 atom stereocenters. The molecule has 0 saturated carbocycles. The number of likely N-dealkylation sites (tertiary alicyclic amines) is 1. The van der Waals surface area contributed by atoms with Crippen LogP contribution in [-0.2, 0) is 15.5 Å². The molecule has 8 rings (SSSR count). The van der Waals surface area contributed by atoms with Crippen LogP contribution in [0.3, 0.4) is 0 Å². The van der Waals surface area contributed by atoms with Crippen molar-refractivity contribution < 1.29 is 23.4 Å². The van der Waals surface area contributed by atoms with E-state index in [2.05, 4.69) is 38.2 Å². The summed E-state index contributed by atoms with van der Waals surface area (Å²) in [6, 6.07) is 11.0. The van der Waals surface area contributed by atoms with Crippen molar-refractivity contribution in [1.29, 1.82) is 0 Å². The van der Waals surface area contributed by atoms with Crippen LogP contribution in [0.2, 0.25) is 0 Å². The maximum absolute atomic E-state index is 16.3. The Bertz CT molecular complexity index is 1900. The number of ether oxygens (including phenoxy) is 1. The Labute approximate surface area is 297 Å². The zero-order valence-electron chi connectivity index (χ0n) is 29.5. The number of carbonyl (C=O) groups is 1. The first kappa shape index (κ1) is 34.0. The molecule has 2 aromatic carbocycles. The van der Waals surface area contributed by atoms with E-state index < -0.39 is 23.9 Å². The number of fused-ring (bicyclic) bond motifs is 4. The summed E-state index contributed by atoms with van der Waals surface area (Å²) < 4.78 is 37.5. The number of anilines is 2. The second-order valence-electron chi connectivity index (χ2n) is 15.2. The zero-order chi connectivity index (χ0) is 35.7. The number of hydrogen-bond acceptors (Lipinski definition) is 8. The van der Waals surface area contributed by atoms with Gasteiger partial charge in [0.15, 0.2) is 0 Å². The highest BCUT2D eigenvalue weighted by atomic mass is 19.3. The van der Waals surface area contributed by atoms with Crippen LogP contribution in [0.5, 0.6) is 0 Å². The van der Waals surface area contributed by atoms with Crippen molar-refractivity contribution >= 4 is 22.9 Å². The lowest BCUT2D eigenvalue weighted by Crippen LogP contribution is -2.62. The monoisotopic (exact) mass is 699 g/mol. The molecule has 3 unspecified atom stereocenters. The highest BCUT2D eigenvalue weighted by Crippen LogP contribution is 2.57. The summed E-state index contributed by atoms with van der Waals surface area (Å²) in [5.74, 6) is -2.76. The number of imidazole rings is 1. The van der Waals surface area contributed by atoms with E-state index in [1.165, 1.54) is 7.11 Å². The normalized spacial score (nSPS) is 27.3. The summed E-state index contributed by atoms with van der Waals surface area (Å²) in [5, 5.41) is 23.6. The summed E-state index contributed by atoms with van der Waals surface area (Å²) >= 11 is 0. The van der Waals surface area contributed by atoms with Gasteiger partial charge in [0.05, 0.1) is 40.9 Å². The molecule has 2 fully saturated rings. The number of rotatable bonds is 9. The molecule has 1 amide bonds. The highest BCUT2D eigenvalue weighted by molar-refractivity contribution is 5.85. The summed E-state index contributed by atoms with van der Waals surface area (Å²) in [5.41, 5.74) is 5.17. The van der Waals surface area contributed by atoms with Crippen LogP contribution in [0.15, 0.2) is 60.3 Å². The number of benzene rings is 2. The summed E-state index contributed by atoms with van der Waals surface area (Å²) in [6.45, 7) is 7.51. The van der Waals surface area contributed by atoms with E-state index in [4.69, 9.17) is 4.74 Å². The third-order valence-electron chi connectivity index (χ3n) is 11.7. The van der Waals surface area contributed by atoms with Crippen LogP contribution in [0, 0.1) is 5.92 Å². The largest absolute Gasteiger partial charge is 0.362 e. The zero-order valence-corrected chi connectivity index (χ0v) is 29.5. The molecule has 270 valence electrons. The number of aromatic nitrogens is 2. The number of allylic oxidation sites excluding steroid dienone is 4. The summed E-state index contributed by atoms with van der Waals surface area (Å²) in [6.07, 6.45) is 8.21. The van der Waals surface area contributed by atoms with Gasteiger partial charge in [-0.2, -0.15) is 8.78 Å². The molecule has 6 N–H and O–H groups in total. The Morgan fingerprint density at radius 3 is 2.67 bits per heavy atom. The van der Waals surface area contributed by atoms with E-state index in [9.17, 15) is 9.90 Å². The van der Waals surface area contributed by atoms with Crippen molar-refractivity contribution in [1.82, 2.24) is 25.5 Å².